The van der Waals surface area contributed by atoms with Crippen molar-refractivity contribution >= 4 is 5.91 Å². The second-order valence-corrected chi connectivity index (χ2v) is 7.63. The minimum absolute atomic E-state index is 0.0607. The molecule has 2 fully saturated rings. The highest BCUT2D eigenvalue weighted by molar-refractivity contribution is 5.79. The lowest BCUT2D eigenvalue weighted by molar-refractivity contribution is -0.133. The molecule has 1 spiro atoms. The topological polar surface area (TPSA) is 41.4 Å². The van der Waals surface area contributed by atoms with Gasteiger partial charge in [0.1, 0.15) is 5.82 Å². The largest absolute Gasteiger partial charge is 0.333 e. The molecule has 4 rings (SSSR count). The first-order chi connectivity index (χ1) is 12.5. The second kappa shape index (κ2) is 6.83. The summed E-state index contributed by atoms with van der Waals surface area (Å²) in [4.78, 5) is 17.0. The van der Waals surface area contributed by atoms with Crippen molar-refractivity contribution in [3.8, 4) is 0 Å². The lowest BCUT2D eigenvalue weighted by Crippen LogP contribution is -2.52. The predicted molar refractivity (Wildman–Crippen MR) is 96.6 cm³/mol. The molecule has 0 unspecified atom stereocenters. The van der Waals surface area contributed by atoms with E-state index < -0.39 is 0 Å². The van der Waals surface area contributed by atoms with Crippen molar-refractivity contribution in [3.05, 3.63) is 53.6 Å². The number of aromatic nitrogens is 2. The Bertz CT molecular complexity index is 795. The SMILES string of the molecule is Cn1cc(CN2CCC3(CCC(=O)N3Cc3cccc(F)c3)CC2)cn1. The normalized spacial score (nSPS) is 20.2. The van der Waals surface area contributed by atoms with E-state index in [-0.39, 0.29) is 17.3 Å². The van der Waals surface area contributed by atoms with Gasteiger partial charge in [-0.2, -0.15) is 5.10 Å². The Morgan fingerprint density at radius 1 is 1.15 bits per heavy atom. The van der Waals surface area contributed by atoms with E-state index in [0.717, 1.165) is 44.5 Å². The summed E-state index contributed by atoms with van der Waals surface area (Å²) in [6, 6.07) is 6.60. The summed E-state index contributed by atoms with van der Waals surface area (Å²) in [5.74, 6) is -0.0375. The molecule has 2 saturated heterocycles. The molecule has 0 saturated carbocycles. The first-order valence-corrected chi connectivity index (χ1v) is 9.29. The summed E-state index contributed by atoms with van der Waals surface area (Å²) in [5, 5.41) is 4.24. The summed E-state index contributed by atoms with van der Waals surface area (Å²) in [6.07, 6.45) is 7.46. The van der Waals surface area contributed by atoms with Crippen LogP contribution in [0.1, 0.15) is 36.8 Å². The van der Waals surface area contributed by atoms with Gasteiger partial charge in [0.15, 0.2) is 0 Å². The van der Waals surface area contributed by atoms with Crippen LogP contribution in [0.2, 0.25) is 0 Å². The van der Waals surface area contributed by atoms with Gasteiger partial charge in [0, 0.05) is 56.9 Å². The molecule has 2 aromatic rings. The molecule has 0 atom stereocenters. The zero-order valence-corrected chi connectivity index (χ0v) is 15.2. The summed E-state index contributed by atoms with van der Waals surface area (Å²) >= 11 is 0. The maximum atomic E-state index is 13.5. The van der Waals surface area contributed by atoms with E-state index in [1.54, 1.807) is 6.07 Å². The lowest BCUT2D eigenvalue weighted by Gasteiger charge is -2.45. The Hall–Kier alpha value is -2.21. The molecule has 1 aromatic carbocycles. The Morgan fingerprint density at radius 3 is 2.65 bits per heavy atom. The van der Waals surface area contributed by atoms with E-state index in [1.807, 2.05) is 28.9 Å². The molecule has 1 amide bonds. The van der Waals surface area contributed by atoms with Crippen molar-refractivity contribution in [3.63, 3.8) is 0 Å². The molecule has 6 heteroatoms. The molecule has 1 aromatic heterocycles. The standard InChI is InChI=1S/C20H25FN4O/c1-23-13-17(12-22-23)14-24-9-7-20(8-10-24)6-5-19(26)25(20)15-16-3-2-4-18(21)11-16/h2-4,11-13H,5-10,14-15H2,1H3. The van der Waals surface area contributed by atoms with Crippen molar-refractivity contribution in [2.24, 2.45) is 7.05 Å². The smallest absolute Gasteiger partial charge is 0.223 e. The van der Waals surface area contributed by atoms with Gasteiger partial charge in [-0.15, -0.1) is 0 Å². The highest BCUT2D eigenvalue weighted by Gasteiger charge is 2.46. The number of carbonyl (C=O) groups is 1. The van der Waals surface area contributed by atoms with Crippen molar-refractivity contribution in [2.45, 2.75) is 44.3 Å². The van der Waals surface area contributed by atoms with Crippen LogP contribution in [-0.2, 0) is 24.9 Å². The minimum atomic E-state index is -0.241. The Morgan fingerprint density at radius 2 is 1.96 bits per heavy atom. The van der Waals surface area contributed by atoms with E-state index in [2.05, 4.69) is 16.2 Å². The number of likely N-dealkylation sites (tertiary alicyclic amines) is 2. The van der Waals surface area contributed by atoms with Gasteiger partial charge < -0.3 is 4.90 Å². The Kier molecular flexibility index (Phi) is 4.53. The number of piperidine rings is 1. The fraction of sp³-hybridized carbons (Fsp3) is 0.500. The first-order valence-electron chi connectivity index (χ1n) is 9.29. The van der Waals surface area contributed by atoms with E-state index in [1.165, 1.54) is 17.7 Å². The number of amides is 1. The molecule has 0 radical (unpaired) electrons. The lowest BCUT2D eigenvalue weighted by atomic mass is 9.84. The van der Waals surface area contributed by atoms with Crippen LogP contribution in [0, 0.1) is 5.82 Å². The average Bonchev–Trinajstić information content (AvgIpc) is 3.16. The van der Waals surface area contributed by atoms with Gasteiger partial charge in [-0.1, -0.05) is 12.1 Å². The van der Waals surface area contributed by atoms with E-state index in [0.29, 0.717) is 13.0 Å². The van der Waals surface area contributed by atoms with Gasteiger partial charge in [-0.3, -0.25) is 14.4 Å². The van der Waals surface area contributed by atoms with E-state index in [9.17, 15) is 9.18 Å². The molecular weight excluding hydrogens is 331 g/mol. The van der Waals surface area contributed by atoms with Crippen LogP contribution in [0.3, 0.4) is 0 Å². The molecule has 2 aliphatic rings. The number of halogens is 1. The van der Waals surface area contributed by atoms with Crippen LogP contribution in [-0.4, -0.2) is 44.1 Å². The third-order valence-electron chi connectivity index (χ3n) is 5.86. The third kappa shape index (κ3) is 3.38. The molecule has 138 valence electrons. The molecule has 0 aliphatic carbocycles. The third-order valence-corrected chi connectivity index (χ3v) is 5.86. The fourth-order valence-corrected chi connectivity index (χ4v) is 4.41. The average molecular weight is 356 g/mol. The van der Waals surface area contributed by atoms with Gasteiger partial charge in [-0.25, -0.2) is 4.39 Å². The number of aryl methyl sites for hydroxylation is 1. The number of hydrogen-bond donors (Lipinski definition) is 0. The van der Waals surface area contributed by atoms with Crippen LogP contribution in [0.4, 0.5) is 4.39 Å². The van der Waals surface area contributed by atoms with Crippen LogP contribution in [0.25, 0.3) is 0 Å². The molecule has 26 heavy (non-hydrogen) atoms. The zero-order valence-electron chi connectivity index (χ0n) is 15.2. The van der Waals surface area contributed by atoms with Crippen LogP contribution < -0.4 is 0 Å². The minimum Gasteiger partial charge on any atom is -0.333 e. The van der Waals surface area contributed by atoms with Gasteiger partial charge >= 0.3 is 0 Å². The maximum absolute atomic E-state index is 13.5. The molecule has 2 aliphatic heterocycles. The Labute approximate surface area is 153 Å². The van der Waals surface area contributed by atoms with E-state index >= 15 is 0 Å². The summed E-state index contributed by atoms with van der Waals surface area (Å²) in [6.45, 7) is 3.37. The quantitative estimate of drug-likeness (QED) is 0.846. The number of rotatable bonds is 4. The fourth-order valence-electron chi connectivity index (χ4n) is 4.41. The predicted octanol–water partition coefficient (Wildman–Crippen LogP) is 2.72. The zero-order chi connectivity index (χ0) is 18.1. The highest BCUT2D eigenvalue weighted by atomic mass is 19.1. The first kappa shape index (κ1) is 17.2. The second-order valence-electron chi connectivity index (χ2n) is 7.63. The summed E-state index contributed by atoms with van der Waals surface area (Å²) in [7, 11) is 1.93. The van der Waals surface area contributed by atoms with Gasteiger partial charge in [0.25, 0.3) is 0 Å². The van der Waals surface area contributed by atoms with Crippen LogP contribution in [0.15, 0.2) is 36.7 Å². The Balaban J connectivity index is 1.43. The van der Waals surface area contributed by atoms with Gasteiger partial charge in [0.2, 0.25) is 5.91 Å². The summed E-state index contributed by atoms with van der Waals surface area (Å²) in [5.41, 5.74) is 2.04. The van der Waals surface area contributed by atoms with Gasteiger partial charge in [-0.05, 0) is 37.0 Å². The number of hydrogen-bond acceptors (Lipinski definition) is 3. The number of nitrogens with zero attached hydrogens (tertiary/aromatic N) is 4. The molecule has 0 bridgehead atoms. The summed E-state index contributed by atoms with van der Waals surface area (Å²) < 4.78 is 15.3. The van der Waals surface area contributed by atoms with Crippen molar-refractivity contribution in [2.75, 3.05) is 13.1 Å². The van der Waals surface area contributed by atoms with Crippen LogP contribution >= 0.6 is 0 Å². The maximum Gasteiger partial charge on any atom is 0.223 e. The van der Waals surface area contributed by atoms with Crippen LogP contribution in [0.5, 0.6) is 0 Å². The molecule has 3 heterocycles. The number of carbonyl (C=O) groups excluding carboxylic acids is 1. The van der Waals surface area contributed by atoms with Gasteiger partial charge in [0.05, 0.1) is 6.20 Å². The molecule has 0 N–H and O–H groups in total. The van der Waals surface area contributed by atoms with Crippen molar-refractivity contribution in [1.82, 2.24) is 19.6 Å². The number of benzene rings is 1. The van der Waals surface area contributed by atoms with Crippen molar-refractivity contribution in [1.29, 1.82) is 0 Å². The molecular formula is C20H25FN4O. The molecule has 5 nitrogen and oxygen atoms in total. The highest BCUT2D eigenvalue weighted by Crippen LogP contribution is 2.40. The van der Waals surface area contributed by atoms with E-state index in [4.69, 9.17) is 0 Å². The van der Waals surface area contributed by atoms with Crippen molar-refractivity contribution < 1.29 is 9.18 Å². The monoisotopic (exact) mass is 356 g/mol.